The van der Waals surface area contributed by atoms with Gasteiger partial charge in [-0.05, 0) is 13.6 Å². The van der Waals surface area contributed by atoms with Crippen LogP contribution in [0.3, 0.4) is 0 Å². The number of carboxylic acid groups (broad SMARTS) is 1. The second-order valence-corrected chi connectivity index (χ2v) is 3.23. The molecule has 4 nitrogen and oxygen atoms in total. The van der Waals surface area contributed by atoms with Gasteiger partial charge >= 0.3 is 5.97 Å². The van der Waals surface area contributed by atoms with Gasteiger partial charge in [0, 0.05) is 0 Å². The first-order chi connectivity index (χ1) is 6.05. The summed E-state index contributed by atoms with van der Waals surface area (Å²) in [5.74, 6) is -1.15. The number of halogens is 1. The molecule has 0 aromatic rings. The number of likely N-dealkylation sites (N-methyl/N-ethyl adjacent to an activating group) is 1. The molecule has 0 unspecified atom stereocenters. The molecule has 0 saturated carbocycles. The van der Waals surface area contributed by atoms with Gasteiger partial charge in [0.05, 0.1) is 13.2 Å². The number of carboxylic acids is 1. The second kappa shape index (κ2) is 3.59. The number of rotatable bonds is 3. The van der Waals surface area contributed by atoms with E-state index in [1.165, 1.54) is 4.90 Å². The van der Waals surface area contributed by atoms with Gasteiger partial charge in [0.25, 0.3) is 0 Å². The Kier molecular flexibility index (Phi) is 2.87. The summed E-state index contributed by atoms with van der Waals surface area (Å²) >= 11 is 0. The van der Waals surface area contributed by atoms with Crippen LogP contribution in [0.4, 0.5) is 4.39 Å². The summed E-state index contributed by atoms with van der Waals surface area (Å²) in [6, 6.07) is 0. The summed E-state index contributed by atoms with van der Waals surface area (Å²) in [6.07, 6.45) is -1.45. The normalized spacial score (nSPS) is 34.0. The lowest BCUT2D eigenvalue weighted by Gasteiger charge is -2.33. The van der Waals surface area contributed by atoms with Crippen molar-refractivity contribution < 1.29 is 19.0 Å². The van der Waals surface area contributed by atoms with E-state index in [4.69, 9.17) is 9.84 Å². The maximum absolute atomic E-state index is 13.4. The predicted octanol–water partition coefficient (Wildman–Crippen LogP) is 0.130. The lowest BCUT2D eigenvalue weighted by atomic mass is 9.95. The molecule has 0 aliphatic carbocycles. The molecule has 5 heteroatoms. The highest BCUT2D eigenvalue weighted by atomic mass is 19.1. The van der Waals surface area contributed by atoms with Crippen LogP contribution in [0, 0.1) is 0 Å². The van der Waals surface area contributed by atoms with Gasteiger partial charge in [0.15, 0.2) is 11.7 Å². The molecular formula is C8H14FNO3. The lowest BCUT2D eigenvalue weighted by molar-refractivity contribution is -0.153. The standard InChI is InChI=1S/C8H14FNO3/c1-3-10(2)8(7(11)12)5-13-4-6(8)9/h6H,3-5H2,1-2H3,(H,11,12)/t6-,8-/m0/s1. The third-order valence-electron chi connectivity index (χ3n) is 2.63. The van der Waals surface area contributed by atoms with Crippen LogP contribution in [0.15, 0.2) is 0 Å². The van der Waals surface area contributed by atoms with Crippen molar-refractivity contribution in [1.82, 2.24) is 4.90 Å². The number of carbonyl (C=O) groups is 1. The van der Waals surface area contributed by atoms with Gasteiger partial charge in [0.1, 0.15) is 0 Å². The molecule has 1 aliphatic heterocycles. The molecule has 1 aliphatic rings. The molecule has 2 atom stereocenters. The number of aliphatic carboxylic acids is 1. The highest BCUT2D eigenvalue weighted by Crippen LogP contribution is 2.28. The first-order valence-corrected chi connectivity index (χ1v) is 4.22. The molecule has 76 valence electrons. The van der Waals surface area contributed by atoms with Gasteiger partial charge in [-0.2, -0.15) is 0 Å². The van der Waals surface area contributed by atoms with Crippen LogP contribution in [-0.2, 0) is 9.53 Å². The fourth-order valence-electron chi connectivity index (χ4n) is 1.54. The van der Waals surface area contributed by atoms with Gasteiger partial charge in [-0.15, -0.1) is 0 Å². The first kappa shape index (κ1) is 10.4. The van der Waals surface area contributed by atoms with Crippen molar-refractivity contribution in [2.24, 2.45) is 0 Å². The largest absolute Gasteiger partial charge is 0.480 e. The highest BCUT2D eigenvalue weighted by molar-refractivity contribution is 5.80. The van der Waals surface area contributed by atoms with Crippen molar-refractivity contribution in [3.8, 4) is 0 Å². The Morgan fingerprint density at radius 1 is 1.85 bits per heavy atom. The Labute approximate surface area is 76.3 Å². The van der Waals surface area contributed by atoms with Crippen LogP contribution in [0.1, 0.15) is 6.92 Å². The monoisotopic (exact) mass is 191 g/mol. The fourth-order valence-corrected chi connectivity index (χ4v) is 1.54. The summed E-state index contributed by atoms with van der Waals surface area (Å²) in [6.45, 7) is 2.07. The molecule has 0 aromatic carbocycles. The van der Waals surface area contributed by atoms with Crippen molar-refractivity contribution in [1.29, 1.82) is 0 Å². The van der Waals surface area contributed by atoms with Gasteiger partial charge in [-0.3, -0.25) is 4.90 Å². The SMILES string of the molecule is CCN(C)[C@@]1(C(=O)O)COC[C@@H]1F. The van der Waals surface area contributed by atoms with Gasteiger partial charge < -0.3 is 9.84 Å². The van der Waals surface area contributed by atoms with E-state index in [2.05, 4.69) is 0 Å². The molecule has 0 amide bonds. The summed E-state index contributed by atoms with van der Waals surface area (Å²) in [7, 11) is 1.59. The minimum absolute atomic E-state index is 0.0756. The zero-order valence-corrected chi connectivity index (χ0v) is 7.79. The zero-order valence-electron chi connectivity index (χ0n) is 7.79. The predicted molar refractivity (Wildman–Crippen MR) is 44.4 cm³/mol. The number of nitrogens with zero attached hydrogens (tertiary/aromatic N) is 1. The molecule has 0 spiro atoms. The molecule has 1 rings (SSSR count). The Morgan fingerprint density at radius 3 is 2.77 bits per heavy atom. The van der Waals surface area contributed by atoms with Crippen molar-refractivity contribution in [3.63, 3.8) is 0 Å². The Balaban J connectivity index is 2.93. The maximum atomic E-state index is 13.4. The number of alkyl halides is 1. The van der Waals surface area contributed by atoms with Crippen LogP contribution < -0.4 is 0 Å². The van der Waals surface area contributed by atoms with Gasteiger partial charge in [-0.1, -0.05) is 6.92 Å². The lowest BCUT2D eigenvalue weighted by Crippen LogP contribution is -2.59. The summed E-state index contributed by atoms with van der Waals surface area (Å²) in [5, 5.41) is 8.97. The summed E-state index contributed by atoms with van der Waals surface area (Å²) < 4.78 is 18.2. The minimum atomic E-state index is -1.48. The molecule has 13 heavy (non-hydrogen) atoms. The first-order valence-electron chi connectivity index (χ1n) is 4.22. The minimum Gasteiger partial charge on any atom is -0.480 e. The molecule has 1 fully saturated rings. The van der Waals surface area contributed by atoms with E-state index in [0.29, 0.717) is 6.54 Å². The van der Waals surface area contributed by atoms with Crippen LogP contribution in [0.2, 0.25) is 0 Å². The van der Waals surface area contributed by atoms with E-state index >= 15 is 0 Å². The van der Waals surface area contributed by atoms with Crippen molar-refractivity contribution in [2.75, 3.05) is 26.8 Å². The van der Waals surface area contributed by atoms with Crippen LogP contribution in [-0.4, -0.2) is 54.5 Å². The Bertz CT molecular complexity index is 212. The smallest absolute Gasteiger partial charge is 0.329 e. The van der Waals surface area contributed by atoms with E-state index in [-0.39, 0.29) is 13.2 Å². The van der Waals surface area contributed by atoms with E-state index in [9.17, 15) is 9.18 Å². The number of ether oxygens (including phenoxy) is 1. The van der Waals surface area contributed by atoms with Crippen LogP contribution >= 0.6 is 0 Å². The Hall–Kier alpha value is -0.680. The highest BCUT2D eigenvalue weighted by Gasteiger charge is 2.54. The third kappa shape index (κ3) is 1.42. The van der Waals surface area contributed by atoms with Gasteiger partial charge in [-0.25, -0.2) is 9.18 Å². The van der Waals surface area contributed by atoms with Crippen LogP contribution in [0.25, 0.3) is 0 Å². The average Bonchev–Trinajstić information content (AvgIpc) is 2.47. The van der Waals surface area contributed by atoms with Crippen molar-refractivity contribution in [2.45, 2.75) is 18.6 Å². The molecule has 1 N–H and O–H groups in total. The van der Waals surface area contributed by atoms with Crippen molar-refractivity contribution in [3.05, 3.63) is 0 Å². The van der Waals surface area contributed by atoms with E-state index in [0.717, 1.165) is 0 Å². The van der Waals surface area contributed by atoms with E-state index in [1.807, 2.05) is 0 Å². The van der Waals surface area contributed by atoms with Gasteiger partial charge in [0.2, 0.25) is 0 Å². The molecule has 0 aromatic heterocycles. The molecule has 0 bridgehead atoms. The second-order valence-electron chi connectivity index (χ2n) is 3.23. The zero-order chi connectivity index (χ0) is 10.1. The molecule has 1 heterocycles. The average molecular weight is 191 g/mol. The maximum Gasteiger partial charge on any atom is 0.329 e. The van der Waals surface area contributed by atoms with Crippen molar-refractivity contribution >= 4 is 5.97 Å². The topological polar surface area (TPSA) is 49.8 Å². The summed E-state index contributed by atoms with van der Waals surface area (Å²) in [5.41, 5.74) is -1.48. The quantitative estimate of drug-likeness (QED) is 0.689. The Morgan fingerprint density at radius 2 is 2.46 bits per heavy atom. The number of hydrogen-bond donors (Lipinski definition) is 1. The molecule has 1 saturated heterocycles. The van der Waals surface area contributed by atoms with E-state index < -0.39 is 17.7 Å². The molecular weight excluding hydrogens is 177 g/mol. The van der Waals surface area contributed by atoms with Crippen LogP contribution in [0.5, 0.6) is 0 Å². The van der Waals surface area contributed by atoms with E-state index in [1.54, 1.807) is 14.0 Å². The fraction of sp³-hybridized carbons (Fsp3) is 0.875. The molecule has 0 radical (unpaired) electrons. The third-order valence-corrected chi connectivity index (χ3v) is 2.63. The number of hydrogen-bond acceptors (Lipinski definition) is 3. The summed E-state index contributed by atoms with van der Waals surface area (Å²) in [4.78, 5) is 12.5.